The Balaban J connectivity index is 3.04. The number of carbonyl (C=O) groups excluding carboxylic acids is 1. The van der Waals surface area contributed by atoms with E-state index in [1.54, 1.807) is 0 Å². The van der Waals surface area contributed by atoms with Crippen LogP contribution in [0.4, 0.5) is 0 Å². The molecule has 0 saturated carbocycles. The summed E-state index contributed by atoms with van der Waals surface area (Å²) in [5.74, 6) is 0.0336. The van der Waals surface area contributed by atoms with Gasteiger partial charge in [0.1, 0.15) is 0 Å². The molecule has 8 heteroatoms. The molecule has 8 nitrogen and oxygen atoms in total. The Kier molecular flexibility index (Phi) is 18.6. The molecule has 0 fully saturated rings. The van der Waals surface area contributed by atoms with Crippen LogP contribution in [0.1, 0.15) is 6.42 Å². The molecule has 0 aliphatic carbocycles. The maximum absolute atomic E-state index is 11.3. The Morgan fingerprint density at radius 3 is 1.57 bits per heavy atom. The second-order valence-electron chi connectivity index (χ2n) is 4.76. The van der Waals surface area contributed by atoms with Crippen molar-refractivity contribution in [3.63, 3.8) is 0 Å². The number of hydrogen-bond acceptors (Lipinski definition) is 7. The standard InChI is InChI=1S/C15H33N3O5/c1-16-4-3-15(19)18-6-8-21-10-12-23-14-13-22-11-9-20-7-5-17-2/h16-17H,3-14H2,1-2H3,(H,18,19). The Morgan fingerprint density at radius 1 is 0.652 bits per heavy atom. The van der Waals surface area contributed by atoms with Crippen molar-refractivity contribution in [1.82, 2.24) is 16.0 Å². The molecule has 138 valence electrons. The van der Waals surface area contributed by atoms with Gasteiger partial charge in [0.15, 0.2) is 0 Å². The molecule has 0 atom stereocenters. The van der Waals surface area contributed by atoms with Crippen LogP contribution in [-0.4, -0.2) is 92.5 Å². The highest BCUT2D eigenvalue weighted by molar-refractivity contribution is 5.75. The molecule has 0 heterocycles. The Bertz CT molecular complexity index is 257. The zero-order valence-corrected chi connectivity index (χ0v) is 14.5. The van der Waals surface area contributed by atoms with E-state index in [2.05, 4.69) is 16.0 Å². The van der Waals surface area contributed by atoms with Gasteiger partial charge in [-0.05, 0) is 14.1 Å². The fourth-order valence-corrected chi connectivity index (χ4v) is 1.53. The van der Waals surface area contributed by atoms with Crippen LogP contribution < -0.4 is 16.0 Å². The highest BCUT2D eigenvalue weighted by Gasteiger charge is 1.98. The minimum absolute atomic E-state index is 0.0336. The van der Waals surface area contributed by atoms with Gasteiger partial charge in [-0.3, -0.25) is 4.79 Å². The number of carbonyl (C=O) groups is 1. The van der Waals surface area contributed by atoms with Gasteiger partial charge in [0.2, 0.25) is 5.91 Å². The summed E-state index contributed by atoms with van der Waals surface area (Å²) in [6.45, 7) is 6.57. The van der Waals surface area contributed by atoms with Gasteiger partial charge in [-0.15, -0.1) is 0 Å². The van der Waals surface area contributed by atoms with Crippen LogP contribution in [0, 0.1) is 0 Å². The maximum atomic E-state index is 11.3. The van der Waals surface area contributed by atoms with Gasteiger partial charge in [-0.1, -0.05) is 0 Å². The topological polar surface area (TPSA) is 90.1 Å². The van der Waals surface area contributed by atoms with E-state index in [0.29, 0.717) is 72.4 Å². The number of hydrogen-bond donors (Lipinski definition) is 3. The number of rotatable bonds is 18. The molecule has 0 aliphatic heterocycles. The second-order valence-corrected chi connectivity index (χ2v) is 4.76. The van der Waals surface area contributed by atoms with Crippen molar-refractivity contribution >= 4 is 5.91 Å². The lowest BCUT2D eigenvalue weighted by Gasteiger charge is -2.08. The van der Waals surface area contributed by atoms with Crippen molar-refractivity contribution in [2.24, 2.45) is 0 Å². The van der Waals surface area contributed by atoms with Crippen molar-refractivity contribution in [3.05, 3.63) is 0 Å². The maximum Gasteiger partial charge on any atom is 0.221 e. The molecule has 0 rings (SSSR count). The molecular weight excluding hydrogens is 302 g/mol. The van der Waals surface area contributed by atoms with Gasteiger partial charge < -0.3 is 34.9 Å². The van der Waals surface area contributed by atoms with E-state index in [4.69, 9.17) is 18.9 Å². The van der Waals surface area contributed by atoms with Crippen LogP contribution in [0.5, 0.6) is 0 Å². The van der Waals surface area contributed by atoms with E-state index in [1.807, 2.05) is 14.1 Å². The molecule has 0 saturated heterocycles. The number of ether oxygens (including phenoxy) is 4. The summed E-state index contributed by atoms with van der Waals surface area (Å²) in [4.78, 5) is 11.3. The molecule has 0 aromatic carbocycles. The normalized spacial score (nSPS) is 10.9. The molecule has 0 spiro atoms. The van der Waals surface area contributed by atoms with E-state index in [-0.39, 0.29) is 5.91 Å². The van der Waals surface area contributed by atoms with E-state index < -0.39 is 0 Å². The Hall–Kier alpha value is -0.770. The first-order valence-corrected chi connectivity index (χ1v) is 8.18. The van der Waals surface area contributed by atoms with Crippen LogP contribution in [0.2, 0.25) is 0 Å². The minimum Gasteiger partial charge on any atom is -0.378 e. The SMILES string of the molecule is CNCCOCCOCCOCCOCCNC(=O)CCNC. The van der Waals surface area contributed by atoms with Gasteiger partial charge in [-0.25, -0.2) is 0 Å². The largest absolute Gasteiger partial charge is 0.378 e. The highest BCUT2D eigenvalue weighted by Crippen LogP contribution is 1.83. The van der Waals surface area contributed by atoms with E-state index in [1.165, 1.54) is 0 Å². The summed E-state index contributed by atoms with van der Waals surface area (Å²) in [5.41, 5.74) is 0. The zero-order chi connectivity index (χ0) is 17.0. The van der Waals surface area contributed by atoms with E-state index in [0.717, 1.165) is 6.54 Å². The third-order valence-electron chi connectivity index (χ3n) is 2.78. The van der Waals surface area contributed by atoms with Gasteiger partial charge in [-0.2, -0.15) is 0 Å². The lowest BCUT2D eigenvalue weighted by atomic mass is 10.4. The molecule has 0 unspecified atom stereocenters. The molecule has 0 aliphatic rings. The Labute approximate surface area is 139 Å². The molecule has 3 N–H and O–H groups in total. The van der Waals surface area contributed by atoms with Crippen molar-refractivity contribution in [2.75, 3.05) is 86.6 Å². The fourth-order valence-electron chi connectivity index (χ4n) is 1.53. The average molecular weight is 335 g/mol. The number of amides is 1. The molecule has 0 bridgehead atoms. The summed E-state index contributed by atoms with van der Waals surface area (Å²) < 4.78 is 21.4. The third kappa shape index (κ3) is 19.2. The van der Waals surface area contributed by atoms with Gasteiger partial charge in [0.25, 0.3) is 0 Å². The van der Waals surface area contributed by atoms with Gasteiger partial charge >= 0.3 is 0 Å². The minimum atomic E-state index is 0.0336. The highest BCUT2D eigenvalue weighted by atomic mass is 16.6. The lowest BCUT2D eigenvalue weighted by Crippen LogP contribution is -2.29. The summed E-state index contributed by atoms with van der Waals surface area (Å²) in [6.07, 6.45) is 0.486. The molecular formula is C15H33N3O5. The second kappa shape index (κ2) is 19.3. The molecule has 0 radical (unpaired) electrons. The van der Waals surface area contributed by atoms with Gasteiger partial charge in [0.05, 0.1) is 52.9 Å². The first-order chi connectivity index (χ1) is 11.3. The monoisotopic (exact) mass is 335 g/mol. The van der Waals surface area contributed by atoms with Crippen LogP contribution >= 0.6 is 0 Å². The van der Waals surface area contributed by atoms with E-state index in [9.17, 15) is 4.79 Å². The fraction of sp³-hybridized carbons (Fsp3) is 0.933. The number of likely N-dealkylation sites (N-methyl/N-ethyl adjacent to an activating group) is 1. The summed E-state index contributed by atoms with van der Waals surface area (Å²) >= 11 is 0. The van der Waals surface area contributed by atoms with Crippen LogP contribution in [0.3, 0.4) is 0 Å². The predicted octanol–water partition coefficient (Wildman–Crippen LogP) is -1.00. The summed E-state index contributed by atoms with van der Waals surface area (Å²) in [7, 11) is 3.71. The molecule has 23 heavy (non-hydrogen) atoms. The summed E-state index contributed by atoms with van der Waals surface area (Å²) in [5, 5.41) is 8.71. The molecule has 0 aromatic rings. The van der Waals surface area contributed by atoms with E-state index >= 15 is 0 Å². The smallest absolute Gasteiger partial charge is 0.221 e. The first-order valence-electron chi connectivity index (χ1n) is 8.18. The van der Waals surface area contributed by atoms with Gasteiger partial charge in [0, 0.05) is 26.1 Å². The molecule has 1 amide bonds. The lowest BCUT2D eigenvalue weighted by molar-refractivity contribution is -0.121. The zero-order valence-electron chi connectivity index (χ0n) is 14.5. The quantitative estimate of drug-likeness (QED) is 0.277. The van der Waals surface area contributed by atoms with Crippen LogP contribution in [-0.2, 0) is 23.7 Å². The van der Waals surface area contributed by atoms with Crippen molar-refractivity contribution in [2.45, 2.75) is 6.42 Å². The third-order valence-corrected chi connectivity index (χ3v) is 2.78. The van der Waals surface area contributed by atoms with Crippen molar-refractivity contribution in [3.8, 4) is 0 Å². The first kappa shape index (κ1) is 22.2. The van der Waals surface area contributed by atoms with Crippen LogP contribution in [0.15, 0.2) is 0 Å². The van der Waals surface area contributed by atoms with Crippen molar-refractivity contribution < 1.29 is 23.7 Å². The molecule has 0 aromatic heterocycles. The average Bonchev–Trinajstić information content (AvgIpc) is 2.56. The number of nitrogens with one attached hydrogen (secondary N) is 3. The Morgan fingerprint density at radius 2 is 1.09 bits per heavy atom. The predicted molar refractivity (Wildman–Crippen MR) is 88.8 cm³/mol. The summed E-state index contributed by atoms with van der Waals surface area (Å²) in [6, 6.07) is 0. The van der Waals surface area contributed by atoms with Crippen molar-refractivity contribution in [1.29, 1.82) is 0 Å². The van der Waals surface area contributed by atoms with Crippen LogP contribution in [0.25, 0.3) is 0 Å².